The number of carbonyl (C=O) groups is 2. The van der Waals surface area contributed by atoms with Crippen LogP contribution in [0.4, 0.5) is 0 Å². The van der Waals surface area contributed by atoms with Crippen LogP contribution in [0.2, 0.25) is 0 Å². The van der Waals surface area contributed by atoms with Gasteiger partial charge in [-0.1, -0.05) is 48.0 Å². The maximum absolute atomic E-state index is 12.1. The Bertz CT molecular complexity index is 958. The number of ether oxygens (including phenoxy) is 1. The number of hydrogen-bond donors (Lipinski definition) is 1. The quantitative estimate of drug-likeness (QED) is 0.482. The Hall–Kier alpha value is -3.08. The van der Waals surface area contributed by atoms with Crippen LogP contribution in [0.15, 0.2) is 54.6 Å². The lowest BCUT2D eigenvalue weighted by Crippen LogP contribution is -2.28. The fourth-order valence-electron chi connectivity index (χ4n) is 3.19. The molecule has 0 spiro atoms. The molecule has 0 saturated carbocycles. The third-order valence-electron chi connectivity index (χ3n) is 4.75. The van der Waals surface area contributed by atoms with Crippen molar-refractivity contribution in [2.24, 2.45) is 0 Å². The van der Waals surface area contributed by atoms with Crippen molar-refractivity contribution < 1.29 is 14.3 Å². The minimum atomic E-state index is -0.307. The summed E-state index contributed by atoms with van der Waals surface area (Å²) in [5.41, 5.74) is 4.38. The van der Waals surface area contributed by atoms with E-state index in [1.165, 1.54) is 5.56 Å². The summed E-state index contributed by atoms with van der Waals surface area (Å²) in [5, 5.41) is 3.90. The van der Waals surface area contributed by atoms with E-state index in [1.807, 2.05) is 66.9 Å². The first-order valence-electron chi connectivity index (χ1n) is 9.55. The summed E-state index contributed by atoms with van der Waals surface area (Å²) in [7, 11) is 0. The molecule has 3 rings (SSSR count). The molecule has 28 heavy (non-hydrogen) atoms. The Morgan fingerprint density at radius 3 is 2.57 bits per heavy atom. The molecule has 0 radical (unpaired) electrons. The van der Waals surface area contributed by atoms with E-state index in [0.717, 1.165) is 22.2 Å². The van der Waals surface area contributed by atoms with Gasteiger partial charge in [-0.15, -0.1) is 0 Å². The average molecular weight is 378 g/mol. The molecular weight excluding hydrogens is 352 g/mol. The molecule has 2 aromatic carbocycles. The highest BCUT2D eigenvalue weighted by Crippen LogP contribution is 2.19. The Morgan fingerprint density at radius 2 is 1.79 bits per heavy atom. The van der Waals surface area contributed by atoms with E-state index in [1.54, 1.807) is 0 Å². The number of nitrogens with zero attached hydrogens (tertiary/aromatic N) is 1. The molecule has 1 heterocycles. The van der Waals surface area contributed by atoms with Crippen LogP contribution in [0.5, 0.6) is 0 Å². The molecule has 5 nitrogen and oxygen atoms in total. The normalized spacial score (nSPS) is 10.8. The van der Waals surface area contributed by atoms with Crippen molar-refractivity contribution in [2.45, 2.75) is 33.2 Å². The van der Waals surface area contributed by atoms with Gasteiger partial charge >= 0.3 is 5.97 Å². The molecule has 3 aromatic rings. The molecule has 0 aliphatic carbocycles. The standard InChI is InChI=1S/C23H26N2O3/c1-17-7-9-19(10-8-17)11-12-22(26)24-13-14-28-23(27)16-25-18(2)15-20-5-3-4-6-21(20)25/h3-10,15H,11-14,16H2,1-2H3,(H,24,26). The lowest BCUT2D eigenvalue weighted by molar-refractivity contribution is -0.144. The summed E-state index contributed by atoms with van der Waals surface area (Å²) in [4.78, 5) is 24.1. The van der Waals surface area contributed by atoms with E-state index in [2.05, 4.69) is 11.4 Å². The summed E-state index contributed by atoms with van der Waals surface area (Å²) in [6, 6.07) is 18.2. The Morgan fingerprint density at radius 1 is 1.04 bits per heavy atom. The summed E-state index contributed by atoms with van der Waals surface area (Å²) < 4.78 is 7.21. The monoisotopic (exact) mass is 378 g/mol. The average Bonchev–Trinajstić information content (AvgIpc) is 3.00. The zero-order valence-corrected chi connectivity index (χ0v) is 16.4. The van der Waals surface area contributed by atoms with E-state index in [0.29, 0.717) is 19.4 Å². The number of fused-ring (bicyclic) bond motifs is 1. The number of nitrogens with one attached hydrogen (secondary N) is 1. The largest absolute Gasteiger partial charge is 0.462 e. The summed E-state index contributed by atoms with van der Waals surface area (Å²) in [6.07, 6.45) is 1.12. The number of carbonyl (C=O) groups excluding carboxylic acids is 2. The van der Waals surface area contributed by atoms with Gasteiger partial charge in [-0.3, -0.25) is 9.59 Å². The van der Waals surface area contributed by atoms with E-state index >= 15 is 0 Å². The second-order valence-electron chi connectivity index (χ2n) is 6.99. The second kappa shape index (κ2) is 9.22. The van der Waals surface area contributed by atoms with E-state index in [9.17, 15) is 9.59 Å². The first-order valence-corrected chi connectivity index (χ1v) is 9.55. The number of amides is 1. The molecule has 1 amide bonds. The van der Waals surface area contributed by atoms with Gasteiger partial charge in [-0.05, 0) is 43.4 Å². The first-order chi connectivity index (χ1) is 13.5. The van der Waals surface area contributed by atoms with Gasteiger partial charge in [0, 0.05) is 17.6 Å². The predicted molar refractivity (Wildman–Crippen MR) is 110 cm³/mol. The van der Waals surface area contributed by atoms with E-state index in [-0.39, 0.29) is 25.0 Å². The Balaban J connectivity index is 1.37. The van der Waals surface area contributed by atoms with Crippen molar-refractivity contribution in [3.05, 3.63) is 71.4 Å². The Labute approximate surface area is 165 Å². The van der Waals surface area contributed by atoms with Crippen molar-refractivity contribution in [3.8, 4) is 0 Å². The Kier molecular flexibility index (Phi) is 6.48. The molecule has 146 valence electrons. The minimum Gasteiger partial charge on any atom is -0.462 e. The highest BCUT2D eigenvalue weighted by molar-refractivity contribution is 5.83. The van der Waals surface area contributed by atoms with Gasteiger partial charge in [0.2, 0.25) is 5.91 Å². The van der Waals surface area contributed by atoms with Crippen LogP contribution >= 0.6 is 0 Å². The molecule has 5 heteroatoms. The van der Waals surface area contributed by atoms with Gasteiger partial charge in [0.15, 0.2) is 0 Å². The predicted octanol–water partition coefficient (Wildman–Crippen LogP) is 3.55. The van der Waals surface area contributed by atoms with Gasteiger partial charge in [0.1, 0.15) is 13.2 Å². The van der Waals surface area contributed by atoms with Crippen LogP contribution in [-0.2, 0) is 27.3 Å². The van der Waals surface area contributed by atoms with E-state index < -0.39 is 0 Å². The van der Waals surface area contributed by atoms with Crippen molar-refractivity contribution in [1.82, 2.24) is 9.88 Å². The molecule has 0 atom stereocenters. The van der Waals surface area contributed by atoms with Crippen LogP contribution < -0.4 is 5.32 Å². The maximum Gasteiger partial charge on any atom is 0.326 e. The number of benzene rings is 2. The third-order valence-corrected chi connectivity index (χ3v) is 4.75. The first kappa shape index (κ1) is 19.7. The smallest absolute Gasteiger partial charge is 0.326 e. The van der Waals surface area contributed by atoms with Gasteiger partial charge in [0.25, 0.3) is 0 Å². The fraction of sp³-hybridized carbons (Fsp3) is 0.304. The topological polar surface area (TPSA) is 60.3 Å². The number of rotatable bonds is 8. The minimum absolute atomic E-state index is 0.0381. The zero-order valence-electron chi connectivity index (χ0n) is 16.4. The second-order valence-corrected chi connectivity index (χ2v) is 6.99. The number of esters is 1. The summed E-state index contributed by atoms with van der Waals surface area (Å²) in [5.74, 6) is -0.345. The van der Waals surface area contributed by atoms with Gasteiger partial charge in [-0.25, -0.2) is 0 Å². The molecule has 0 fully saturated rings. The molecule has 1 N–H and O–H groups in total. The van der Waals surface area contributed by atoms with Crippen molar-refractivity contribution in [2.75, 3.05) is 13.2 Å². The zero-order chi connectivity index (χ0) is 19.9. The van der Waals surface area contributed by atoms with Crippen LogP contribution in [0.1, 0.15) is 23.2 Å². The number of aromatic nitrogens is 1. The molecule has 0 saturated heterocycles. The van der Waals surface area contributed by atoms with Gasteiger partial charge < -0.3 is 14.6 Å². The summed E-state index contributed by atoms with van der Waals surface area (Å²) in [6.45, 7) is 4.68. The SMILES string of the molecule is Cc1ccc(CCC(=O)NCCOC(=O)Cn2c(C)cc3ccccc32)cc1. The van der Waals surface area contributed by atoms with E-state index in [4.69, 9.17) is 4.74 Å². The lowest BCUT2D eigenvalue weighted by Gasteiger charge is -2.10. The molecule has 0 bridgehead atoms. The molecule has 0 unspecified atom stereocenters. The highest BCUT2D eigenvalue weighted by Gasteiger charge is 2.10. The highest BCUT2D eigenvalue weighted by atomic mass is 16.5. The molecular formula is C23H26N2O3. The fourth-order valence-corrected chi connectivity index (χ4v) is 3.19. The molecule has 0 aliphatic heterocycles. The van der Waals surface area contributed by atoms with Gasteiger partial charge in [-0.2, -0.15) is 0 Å². The summed E-state index contributed by atoms with van der Waals surface area (Å²) >= 11 is 0. The third kappa shape index (κ3) is 5.22. The van der Waals surface area contributed by atoms with Gasteiger partial charge in [0.05, 0.1) is 6.54 Å². The molecule has 0 aliphatic rings. The van der Waals surface area contributed by atoms with Crippen molar-refractivity contribution >= 4 is 22.8 Å². The number of aryl methyl sites for hydroxylation is 3. The molecule has 1 aromatic heterocycles. The van der Waals surface area contributed by atoms with Crippen molar-refractivity contribution in [1.29, 1.82) is 0 Å². The van der Waals surface area contributed by atoms with Crippen LogP contribution in [0.3, 0.4) is 0 Å². The van der Waals surface area contributed by atoms with Crippen molar-refractivity contribution in [3.63, 3.8) is 0 Å². The number of hydrogen-bond acceptors (Lipinski definition) is 3. The number of para-hydroxylation sites is 1. The van der Waals surface area contributed by atoms with Crippen LogP contribution in [0, 0.1) is 13.8 Å². The lowest BCUT2D eigenvalue weighted by atomic mass is 10.1. The maximum atomic E-state index is 12.1. The van der Waals surface area contributed by atoms with Crippen LogP contribution in [0.25, 0.3) is 10.9 Å². The van der Waals surface area contributed by atoms with Crippen LogP contribution in [-0.4, -0.2) is 29.6 Å².